The van der Waals surface area contributed by atoms with Crippen LogP contribution in [0.15, 0.2) is 18.2 Å². The average Bonchev–Trinajstić information content (AvgIpc) is 2.32. The molecule has 1 aromatic carbocycles. The maximum Gasteiger partial charge on any atom is 0.121 e. The van der Waals surface area contributed by atoms with Gasteiger partial charge in [-0.15, -0.1) is 0 Å². The van der Waals surface area contributed by atoms with Gasteiger partial charge in [0.2, 0.25) is 0 Å². The highest BCUT2D eigenvalue weighted by Crippen LogP contribution is 2.46. The van der Waals surface area contributed by atoms with Crippen LogP contribution >= 0.6 is 23.2 Å². The van der Waals surface area contributed by atoms with Crippen LogP contribution in [0.4, 0.5) is 0 Å². The van der Waals surface area contributed by atoms with E-state index in [2.05, 4.69) is 6.92 Å². The fourth-order valence-electron chi connectivity index (χ4n) is 2.16. The standard InChI is InChI=1S/C13H16Cl2O2/c1-3-13(2)11(16)7-12(13)17-8-4-5-9(14)10(15)6-8/h4-6,11-12,16H,3,7H2,1-2H3. The maximum atomic E-state index is 9.79. The molecule has 2 rings (SSSR count). The van der Waals surface area contributed by atoms with E-state index in [4.69, 9.17) is 27.9 Å². The topological polar surface area (TPSA) is 29.5 Å². The van der Waals surface area contributed by atoms with Crippen molar-refractivity contribution >= 4 is 23.2 Å². The van der Waals surface area contributed by atoms with E-state index in [1.807, 2.05) is 6.92 Å². The Hall–Kier alpha value is -0.440. The number of benzene rings is 1. The molecule has 0 aromatic heterocycles. The largest absolute Gasteiger partial charge is 0.490 e. The summed E-state index contributed by atoms with van der Waals surface area (Å²) in [5.41, 5.74) is -0.161. The number of aliphatic hydroxyl groups excluding tert-OH is 1. The number of hydrogen-bond acceptors (Lipinski definition) is 2. The van der Waals surface area contributed by atoms with Crippen LogP contribution < -0.4 is 4.74 Å². The second kappa shape index (κ2) is 4.68. The highest BCUT2D eigenvalue weighted by Gasteiger charge is 2.51. The van der Waals surface area contributed by atoms with E-state index in [1.165, 1.54) is 0 Å². The Morgan fingerprint density at radius 3 is 2.65 bits per heavy atom. The first-order chi connectivity index (χ1) is 7.97. The molecule has 0 spiro atoms. The third-order valence-corrected chi connectivity index (χ3v) is 4.60. The third kappa shape index (κ3) is 2.26. The molecular formula is C13H16Cl2O2. The molecular weight excluding hydrogens is 259 g/mol. The van der Waals surface area contributed by atoms with Gasteiger partial charge in [-0.25, -0.2) is 0 Å². The Morgan fingerprint density at radius 1 is 1.41 bits per heavy atom. The van der Waals surface area contributed by atoms with Crippen LogP contribution in [0.1, 0.15) is 26.7 Å². The molecule has 1 N–H and O–H groups in total. The molecule has 0 saturated heterocycles. The summed E-state index contributed by atoms with van der Waals surface area (Å²) in [5, 5.41) is 10.8. The zero-order valence-electron chi connectivity index (χ0n) is 9.91. The van der Waals surface area contributed by atoms with Crippen LogP contribution in [0.25, 0.3) is 0 Å². The summed E-state index contributed by atoms with van der Waals surface area (Å²) < 4.78 is 5.86. The maximum absolute atomic E-state index is 9.79. The van der Waals surface area contributed by atoms with E-state index in [9.17, 15) is 5.11 Å². The van der Waals surface area contributed by atoms with Gasteiger partial charge >= 0.3 is 0 Å². The zero-order valence-corrected chi connectivity index (χ0v) is 11.4. The molecule has 94 valence electrons. The minimum absolute atomic E-state index is 0.0414. The predicted octanol–water partition coefficient (Wildman–Crippen LogP) is 3.92. The number of rotatable bonds is 3. The second-order valence-electron chi connectivity index (χ2n) is 4.79. The van der Waals surface area contributed by atoms with Crippen molar-refractivity contribution < 1.29 is 9.84 Å². The van der Waals surface area contributed by atoms with Crippen LogP contribution in [0.2, 0.25) is 10.0 Å². The van der Waals surface area contributed by atoms with Crippen LogP contribution in [0.5, 0.6) is 5.75 Å². The molecule has 0 bridgehead atoms. The molecule has 17 heavy (non-hydrogen) atoms. The molecule has 1 saturated carbocycles. The lowest BCUT2D eigenvalue weighted by Crippen LogP contribution is -2.57. The van der Waals surface area contributed by atoms with Gasteiger partial charge in [-0.1, -0.05) is 37.0 Å². The summed E-state index contributed by atoms with van der Waals surface area (Å²) in [7, 11) is 0. The molecule has 1 aromatic rings. The molecule has 0 amide bonds. The average molecular weight is 275 g/mol. The van der Waals surface area contributed by atoms with Gasteiger partial charge in [-0.3, -0.25) is 0 Å². The van der Waals surface area contributed by atoms with Gasteiger partial charge in [0.15, 0.2) is 0 Å². The van der Waals surface area contributed by atoms with E-state index in [1.54, 1.807) is 18.2 Å². The van der Waals surface area contributed by atoms with Gasteiger partial charge in [0.25, 0.3) is 0 Å². The van der Waals surface area contributed by atoms with Gasteiger partial charge in [0.1, 0.15) is 11.9 Å². The van der Waals surface area contributed by atoms with Crippen LogP contribution in [-0.2, 0) is 0 Å². The van der Waals surface area contributed by atoms with Crippen LogP contribution in [-0.4, -0.2) is 17.3 Å². The lowest BCUT2D eigenvalue weighted by molar-refractivity contribution is -0.147. The first kappa shape index (κ1) is 13.0. The third-order valence-electron chi connectivity index (χ3n) is 3.87. The normalized spacial score (nSPS) is 32.1. The highest BCUT2D eigenvalue weighted by atomic mass is 35.5. The van der Waals surface area contributed by atoms with E-state index in [-0.39, 0.29) is 17.6 Å². The highest BCUT2D eigenvalue weighted by molar-refractivity contribution is 6.42. The predicted molar refractivity (Wildman–Crippen MR) is 69.9 cm³/mol. The van der Waals surface area contributed by atoms with Crippen LogP contribution in [0.3, 0.4) is 0 Å². The number of hydrogen-bond donors (Lipinski definition) is 1. The van der Waals surface area contributed by atoms with Gasteiger partial charge in [-0.05, 0) is 18.6 Å². The molecule has 1 aliphatic rings. The van der Waals surface area contributed by atoms with Crippen molar-refractivity contribution in [2.75, 3.05) is 0 Å². The Kier molecular flexibility index (Phi) is 3.58. The van der Waals surface area contributed by atoms with Gasteiger partial charge in [0.05, 0.1) is 16.1 Å². The van der Waals surface area contributed by atoms with Crippen molar-refractivity contribution in [3.63, 3.8) is 0 Å². The Labute approximate surface area is 111 Å². The van der Waals surface area contributed by atoms with E-state index < -0.39 is 0 Å². The summed E-state index contributed by atoms with van der Waals surface area (Å²) in [6.45, 7) is 4.11. The van der Waals surface area contributed by atoms with Gasteiger partial charge in [-0.2, -0.15) is 0 Å². The summed E-state index contributed by atoms with van der Waals surface area (Å²) in [5.74, 6) is 0.705. The Balaban J connectivity index is 2.09. The molecule has 1 fully saturated rings. The smallest absolute Gasteiger partial charge is 0.121 e. The molecule has 4 heteroatoms. The molecule has 3 atom stereocenters. The molecule has 3 unspecified atom stereocenters. The van der Waals surface area contributed by atoms with Crippen LogP contribution in [0, 0.1) is 5.41 Å². The fourth-order valence-corrected chi connectivity index (χ4v) is 2.44. The molecule has 1 aliphatic carbocycles. The van der Waals surface area contributed by atoms with Gasteiger partial charge in [0, 0.05) is 17.9 Å². The quantitative estimate of drug-likeness (QED) is 0.905. The monoisotopic (exact) mass is 274 g/mol. The Morgan fingerprint density at radius 2 is 2.12 bits per heavy atom. The van der Waals surface area contributed by atoms with Gasteiger partial charge < -0.3 is 9.84 Å². The summed E-state index contributed by atoms with van der Waals surface area (Å²) >= 11 is 11.8. The fraction of sp³-hybridized carbons (Fsp3) is 0.538. The first-order valence-electron chi connectivity index (χ1n) is 5.77. The van der Waals surface area contributed by atoms with Crippen molar-refractivity contribution in [2.24, 2.45) is 5.41 Å². The summed E-state index contributed by atoms with van der Waals surface area (Å²) in [4.78, 5) is 0. The first-order valence-corrected chi connectivity index (χ1v) is 6.52. The second-order valence-corrected chi connectivity index (χ2v) is 5.61. The zero-order chi connectivity index (χ0) is 12.6. The molecule has 0 radical (unpaired) electrons. The van der Waals surface area contributed by atoms with Crippen molar-refractivity contribution in [3.8, 4) is 5.75 Å². The van der Waals surface area contributed by atoms with E-state index >= 15 is 0 Å². The molecule has 0 aliphatic heterocycles. The SMILES string of the molecule is CCC1(C)C(O)CC1Oc1ccc(Cl)c(Cl)c1. The van der Waals surface area contributed by atoms with E-state index in [0.717, 1.165) is 6.42 Å². The Bertz CT molecular complexity index is 422. The minimum Gasteiger partial charge on any atom is -0.490 e. The number of ether oxygens (including phenoxy) is 1. The van der Waals surface area contributed by atoms with Crippen molar-refractivity contribution in [1.82, 2.24) is 0 Å². The molecule has 2 nitrogen and oxygen atoms in total. The molecule has 0 heterocycles. The number of aliphatic hydroxyl groups is 1. The lowest BCUT2D eigenvalue weighted by Gasteiger charge is -2.50. The van der Waals surface area contributed by atoms with Crippen molar-refractivity contribution in [3.05, 3.63) is 28.2 Å². The number of halogens is 2. The lowest BCUT2D eigenvalue weighted by atomic mass is 9.63. The minimum atomic E-state index is -0.278. The summed E-state index contributed by atoms with van der Waals surface area (Å²) in [6, 6.07) is 5.23. The van der Waals surface area contributed by atoms with Crippen molar-refractivity contribution in [1.29, 1.82) is 0 Å². The van der Waals surface area contributed by atoms with E-state index in [0.29, 0.717) is 22.2 Å². The summed E-state index contributed by atoms with van der Waals surface area (Å²) in [6.07, 6.45) is 1.32. The van der Waals surface area contributed by atoms with Crippen molar-refractivity contribution in [2.45, 2.75) is 38.9 Å².